The summed E-state index contributed by atoms with van der Waals surface area (Å²) in [6.07, 6.45) is 3.73. The third-order valence-corrected chi connectivity index (χ3v) is 4.45. The van der Waals surface area contributed by atoms with E-state index in [0.29, 0.717) is 11.8 Å². The van der Waals surface area contributed by atoms with Crippen LogP contribution in [-0.4, -0.2) is 9.97 Å². The molecule has 0 saturated heterocycles. The van der Waals surface area contributed by atoms with Crippen LogP contribution in [0.3, 0.4) is 0 Å². The van der Waals surface area contributed by atoms with Crippen LogP contribution in [0.4, 0.5) is 0 Å². The Kier molecular flexibility index (Phi) is 8.47. The van der Waals surface area contributed by atoms with Gasteiger partial charge in [-0.05, 0) is 55.0 Å². The number of para-hydroxylation sites is 1. The van der Waals surface area contributed by atoms with Gasteiger partial charge in [0.25, 0.3) is 0 Å². The normalized spacial score (nSPS) is 10.0. The van der Waals surface area contributed by atoms with Crippen molar-refractivity contribution in [3.05, 3.63) is 89.7 Å². The van der Waals surface area contributed by atoms with E-state index in [1.807, 2.05) is 50.4 Å². The largest absolute Gasteiger partial charge is 0.439 e. The SMILES string of the molecule is CC.Cc1ccc(Oc2ncccc2C(C)C)cc1.Cc1cccc2cc[nH]c12.[HH]. The van der Waals surface area contributed by atoms with Gasteiger partial charge in [0.15, 0.2) is 0 Å². The molecule has 1 N–H and O–H groups in total. The molecule has 0 unspecified atom stereocenters. The van der Waals surface area contributed by atoms with Crippen molar-refractivity contribution in [1.29, 1.82) is 0 Å². The molecule has 4 rings (SSSR count). The first-order chi connectivity index (χ1) is 14.0. The third kappa shape index (κ3) is 6.21. The van der Waals surface area contributed by atoms with Gasteiger partial charge in [-0.15, -0.1) is 0 Å². The Morgan fingerprint density at radius 2 is 1.62 bits per heavy atom. The molecule has 3 heteroatoms. The highest BCUT2D eigenvalue weighted by molar-refractivity contribution is 5.82. The van der Waals surface area contributed by atoms with Gasteiger partial charge in [-0.3, -0.25) is 0 Å². The highest BCUT2D eigenvalue weighted by Crippen LogP contribution is 2.28. The Balaban J connectivity index is 0.000000296. The fourth-order valence-corrected chi connectivity index (χ4v) is 2.89. The number of ether oxygens (including phenoxy) is 1. The quantitative estimate of drug-likeness (QED) is 0.384. The van der Waals surface area contributed by atoms with Gasteiger partial charge in [-0.25, -0.2) is 4.98 Å². The summed E-state index contributed by atoms with van der Waals surface area (Å²) in [5.74, 6) is 1.94. The number of aromatic nitrogens is 2. The number of aromatic amines is 1. The molecule has 2 aromatic carbocycles. The molecule has 3 nitrogen and oxygen atoms in total. The van der Waals surface area contributed by atoms with Gasteiger partial charge in [0.05, 0.1) is 0 Å². The summed E-state index contributed by atoms with van der Waals surface area (Å²) in [4.78, 5) is 7.48. The lowest BCUT2D eigenvalue weighted by Gasteiger charge is -2.12. The lowest BCUT2D eigenvalue weighted by Crippen LogP contribution is -1.96. The van der Waals surface area contributed by atoms with Crippen LogP contribution in [0.15, 0.2) is 73.1 Å². The van der Waals surface area contributed by atoms with Crippen LogP contribution >= 0.6 is 0 Å². The average molecular weight is 391 g/mol. The molecule has 0 spiro atoms. The van der Waals surface area contributed by atoms with Gasteiger partial charge in [0.2, 0.25) is 5.88 Å². The third-order valence-electron chi connectivity index (χ3n) is 4.45. The Morgan fingerprint density at radius 3 is 2.28 bits per heavy atom. The molecule has 0 fully saturated rings. The highest BCUT2D eigenvalue weighted by Gasteiger charge is 2.09. The predicted octanol–water partition coefficient (Wildman–Crippen LogP) is 8.05. The minimum Gasteiger partial charge on any atom is -0.439 e. The zero-order chi connectivity index (χ0) is 21.2. The van der Waals surface area contributed by atoms with Crippen molar-refractivity contribution in [2.24, 2.45) is 0 Å². The van der Waals surface area contributed by atoms with Crippen LogP contribution in [0.1, 0.15) is 51.7 Å². The molecule has 154 valence electrons. The van der Waals surface area contributed by atoms with Crippen molar-refractivity contribution >= 4 is 10.9 Å². The zero-order valence-electron chi connectivity index (χ0n) is 18.4. The van der Waals surface area contributed by atoms with Crippen LogP contribution < -0.4 is 4.74 Å². The lowest BCUT2D eigenvalue weighted by atomic mass is 10.1. The van der Waals surface area contributed by atoms with E-state index in [-0.39, 0.29) is 1.43 Å². The Bertz CT molecular complexity index is 1010. The molecule has 0 aliphatic rings. The first kappa shape index (κ1) is 22.2. The van der Waals surface area contributed by atoms with E-state index in [9.17, 15) is 0 Å². The fourth-order valence-electron chi connectivity index (χ4n) is 2.89. The summed E-state index contributed by atoms with van der Waals surface area (Å²) < 4.78 is 5.81. The molecule has 0 bridgehead atoms. The second-order valence-corrected chi connectivity index (χ2v) is 6.98. The number of nitrogens with one attached hydrogen (secondary N) is 1. The van der Waals surface area contributed by atoms with Crippen LogP contribution in [0.2, 0.25) is 0 Å². The molecule has 2 aromatic heterocycles. The lowest BCUT2D eigenvalue weighted by molar-refractivity contribution is 0.453. The van der Waals surface area contributed by atoms with E-state index in [2.05, 4.69) is 68.0 Å². The van der Waals surface area contributed by atoms with Gasteiger partial charge in [0, 0.05) is 24.9 Å². The highest BCUT2D eigenvalue weighted by atomic mass is 16.5. The van der Waals surface area contributed by atoms with E-state index >= 15 is 0 Å². The summed E-state index contributed by atoms with van der Waals surface area (Å²) in [5.41, 5.74) is 4.92. The Morgan fingerprint density at radius 1 is 0.897 bits per heavy atom. The van der Waals surface area contributed by atoms with Crippen molar-refractivity contribution in [2.45, 2.75) is 47.5 Å². The number of fused-ring (bicyclic) bond motifs is 1. The first-order valence-electron chi connectivity index (χ1n) is 10.3. The van der Waals surface area contributed by atoms with Gasteiger partial charge in [-0.1, -0.05) is 69.7 Å². The number of hydrogen-bond donors (Lipinski definition) is 1. The molecular formula is C26H34N2O. The van der Waals surface area contributed by atoms with Crippen molar-refractivity contribution in [2.75, 3.05) is 0 Å². The van der Waals surface area contributed by atoms with E-state index in [1.165, 1.54) is 22.0 Å². The molecule has 0 aliphatic carbocycles. The number of benzene rings is 2. The van der Waals surface area contributed by atoms with Gasteiger partial charge in [0.1, 0.15) is 5.75 Å². The van der Waals surface area contributed by atoms with Crippen LogP contribution in [0.25, 0.3) is 10.9 Å². The number of nitrogens with zero attached hydrogens (tertiary/aromatic N) is 1. The molecular weight excluding hydrogens is 356 g/mol. The summed E-state index contributed by atoms with van der Waals surface area (Å²) in [7, 11) is 0. The van der Waals surface area contributed by atoms with Gasteiger partial charge < -0.3 is 9.72 Å². The van der Waals surface area contributed by atoms with E-state index < -0.39 is 0 Å². The molecule has 0 radical (unpaired) electrons. The maximum absolute atomic E-state index is 5.81. The van der Waals surface area contributed by atoms with Crippen molar-refractivity contribution < 1.29 is 6.16 Å². The molecule has 4 aromatic rings. The van der Waals surface area contributed by atoms with E-state index in [0.717, 1.165) is 11.3 Å². The maximum atomic E-state index is 5.81. The predicted molar refractivity (Wildman–Crippen MR) is 126 cm³/mol. The van der Waals surface area contributed by atoms with Crippen molar-refractivity contribution in [3.8, 4) is 11.6 Å². The van der Waals surface area contributed by atoms with Gasteiger partial charge >= 0.3 is 0 Å². The maximum Gasteiger partial charge on any atom is 0.222 e. The second kappa shape index (κ2) is 11.1. The standard InChI is InChI=1S/C15H17NO.C9H9N.C2H6.H2/c1-11(2)14-5-4-10-16-15(14)17-13-8-6-12(3)7-9-13;1-7-3-2-4-8-5-6-10-9(7)8;1-2;/h4-11H,1-3H3;2-6,10H,1H3;1-2H3;1H. The Hall–Kier alpha value is -3.07. The monoisotopic (exact) mass is 390 g/mol. The summed E-state index contributed by atoms with van der Waals surface area (Å²) >= 11 is 0. The summed E-state index contributed by atoms with van der Waals surface area (Å²) in [6.45, 7) is 12.4. The zero-order valence-corrected chi connectivity index (χ0v) is 18.4. The molecule has 29 heavy (non-hydrogen) atoms. The number of rotatable bonds is 3. The smallest absolute Gasteiger partial charge is 0.222 e. The van der Waals surface area contributed by atoms with Crippen molar-refractivity contribution in [3.63, 3.8) is 0 Å². The molecule has 0 atom stereocenters. The van der Waals surface area contributed by atoms with Crippen molar-refractivity contribution in [1.82, 2.24) is 9.97 Å². The number of hydrogen-bond acceptors (Lipinski definition) is 2. The molecule has 0 saturated carbocycles. The second-order valence-electron chi connectivity index (χ2n) is 6.98. The first-order valence-corrected chi connectivity index (χ1v) is 10.3. The molecule has 2 heterocycles. The topological polar surface area (TPSA) is 37.9 Å². The average Bonchev–Trinajstić information content (AvgIpc) is 3.22. The number of H-pyrrole nitrogens is 1. The Labute approximate surface area is 176 Å². The molecule has 0 aliphatic heterocycles. The van der Waals surface area contributed by atoms with E-state index in [1.54, 1.807) is 6.20 Å². The van der Waals surface area contributed by atoms with Gasteiger partial charge in [-0.2, -0.15) is 0 Å². The van der Waals surface area contributed by atoms with Crippen LogP contribution in [0, 0.1) is 13.8 Å². The molecule has 0 amide bonds. The van der Waals surface area contributed by atoms with Crippen LogP contribution in [0.5, 0.6) is 11.6 Å². The minimum absolute atomic E-state index is 0. The number of pyridine rings is 1. The number of aryl methyl sites for hydroxylation is 2. The van der Waals surface area contributed by atoms with Crippen LogP contribution in [-0.2, 0) is 0 Å². The van der Waals surface area contributed by atoms with E-state index in [4.69, 9.17) is 4.74 Å². The summed E-state index contributed by atoms with van der Waals surface area (Å²) in [5, 5.41) is 1.29. The minimum atomic E-state index is 0. The fraction of sp³-hybridized carbons (Fsp3) is 0.269. The summed E-state index contributed by atoms with van der Waals surface area (Å²) in [6, 6.07) is 20.4.